The highest BCUT2D eigenvalue weighted by Crippen LogP contribution is 2.02. The van der Waals surface area contributed by atoms with Crippen LogP contribution in [0.2, 0.25) is 0 Å². The Bertz CT molecular complexity index is 328. The molecule has 1 N–H and O–H groups in total. The standard InChI is InChI=1S/C9H11N3OS/c1-2-3-7(4-10)12-9(13)8-5-14-6-11-8/h5-7H,2-3H2,1H3,(H,12,13). The summed E-state index contributed by atoms with van der Waals surface area (Å²) in [4.78, 5) is 15.3. The van der Waals surface area contributed by atoms with Gasteiger partial charge in [-0.2, -0.15) is 5.26 Å². The Balaban J connectivity index is 2.52. The molecular formula is C9H11N3OS. The number of aromatic nitrogens is 1. The van der Waals surface area contributed by atoms with Crippen molar-refractivity contribution in [2.24, 2.45) is 0 Å². The summed E-state index contributed by atoms with van der Waals surface area (Å²) >= 11 is 1.36. The van der Waals surface area contributed by atoms with E-state index in [-0.39, 0.29) is 5.91 Å². The molecule has 0 fully saturated rings. The van der Waals surface area contributed by atoms with Crippen molar-refractivity contribution < 1.29 is 4.79 Å². The molecule has 0 saturated carbocycles. The van der Waals surface area contributed by atoms with Crippen molar-refractivity contribution >= 4 is 17.2 Å². The van der Waals surface area contributed by atoms with Crippen LogP contribution < -0.4 is 5.32 Å². The van der Waals surface area contributed by atoms with Gasteiger partial charge in [-0.15, -0.1) is 11.3 Å². The van der Waals surface area contributed by atoms with Crippen molar-refractivity contribution in [3.05, 3.63) is 16.6 Å². The summed E-state index contributed by atoms with van der Waals surface area (Å²) in [5, 5.41) is 13.0. The molecule has 1 aromatic heterocycles. The summed E-state index contributed by atoms with van der Waals surface area (Å²) in [5.41, 5.74) is 1.97. The first kappa shape index (κ1) is 10.7. The van der Waals surface area contributed by atoms with E-state index in [1.54, 1.807) is 10.9 Å². The molecule has 4 nitrogen and oxygen atoms in total. The Morgan fingerprint density at radius 2 is 2.64 bits per heavy atom. The number of carbonyl (C=O) groups is 1. The van der Waals surface area contributed by atoms with E-state index in [9.17, 15) is 4.79 Å². The number of nitrogens with one attached hydrogen (secondary N) is 1. The van der Waals surface area contributed by atoms with E-state index in [4.69, 9.17) is 5.26 Å². The lowest BCUT2D eigenvalue weighted by Crippen LogP contribution is -2.33. The number of hydrogen-bond acceptors (Lipinski definition) is 4. The summed E-state index contributed by atoms with van der Waals surface area (Å²) < 4.78 is 0. The molecule has 74 valence electrons. The van der Waals surface area contributed by atoms with Gasteiger partial charge in [0.15, 0.2) is 0 Å². The van der Waals surface area contributed by atoms with Crippen LogP contribution in [0.25, 0.3) is 0 Å². The molecule has 5 heteroatoms. The largest absolute Gasteiger partial charge is 0.335 e. The second-order valence-corrected chi connectivity index (χ2v) is 3.54. The maximum absolute atomic E-state index is 11.4. The lowest BCUT2D eigenvalue weighted by Gasteiger charge is -2.08. The highest BCUT2D eigenvalue weighted by atomic mass is 32.1. The minimum atomic E-state index is -0.408. The van der Waals surface area contributed by atoms with E-state index in [0.29, 0.717) is 12.1 Å². The fraction of sp³-hybridized carbons (Fsp3) is 0.444. The average Bonchev–Trinajstić information content (AvgIpc) is 2.69. The van der Waals surface area contributed by atoms with Crippen LogP contribution in [0, 0.1) is 11.3 Å². The molecule has 1 unspecified atom stereocenters. The third-order valence-corrected chi connectivity index (χ3v) is 2.29. The quantitative estimate of drug-likeness (QED) is 0.818. The first-order valence-corrected chi connectivity index (χ1v) is 5.31. The second-order valence-electron chi connectivity index (χ2n) is 2.82. The molecule has 0 saturated heterocycles. The first-order valence-electron chi connectivity index (χ1n) is 4.36. The molecule has 0 aliphatic rings. The highest BCUT2D eigenvalue weighted by molar-refractivity contribution is 7.07. The van der Waals surface area contributed by atoms with Crippen molar-refractivity contribution in [2.45, 2.75) is 25.8 Å². The summed E-state index contributed by atoms with van der Waals surface area (Å²) in [7, 11) is 0. The summed E-state index contributed by atoms with van der Waals surface area (Å²) in [6.07, 6.45) is 1.54. The minimum Gasteiger partial charge on any atom is -0.335 e. The monoisotopic (exact) mass is 209 g/mol. The molecular weight excluding hydrogens is 198 g/mol. The highest BCUT2D eigenvalue weighted by Gasteiger charge is 2.12. The molecule has 0 radical (unpaired) electrons. The number of hydrogen-bond donors (Lipinski definition) is 1. The van der Waals surface area contributed by atoms with Gasteiger partial charge < -0.3 is 5.32 Å². The summed E-state index contributed by atoms with van der Waals surface area (Å²) in [6, 6.07) is 1.63. The molecule has 14 heavy (non-hydrogen) atoms. The van der Waals surface area contributed by atoms with Crippen molar-refractivity contribution in [3.63, 3.8) is 0 Å². The Morgan fingerprint density at radius 3 is 3.14 bits per heavy atom. The Morgan fingerprint density at radius 1 is 1.86 bits per heavy atom. The zero-order valence-electron chi connectivity index (χ0n) is 7.86. The van der Waals surface area contributed by atoms with E-state index in [2.05, 4.69) is 10.3 Å². The number of nitrogens with zero attached hydrogens (tertiary/aromatic N) is 2. The fourth-order valence-electron chi connectivity index (χ4n) is 1.01. The lowest BCUT2D eigenvalue weighted by atomic mass is 10.2. The van der Waals surface area contributed by atoms with Crippen molar-refractivity contribution in [2.75, 3.05) is 0 Å². The summed E-state index contributed by atoms with van der Waals surface area (Å²) in [5.74, 6) is -0.272. The molecule has 0 aliphatic heterocycles. The van der Waals surface area contributed by atoms with Crippen LogP contribution in [0.1, 0.15) is 30.3 Å². The van der Waals surface area contributed by atoms with E-state index in [1.807, 2.05) is 13.0 Å². The van der Waals surface area contributed by atoms with Crippen molar-refractivity contribution in [1.29, 1.82) is 5.26 Å². The smallest absolute Gasteiger partial charge is 0.271 e. The maximum Gasteiger partial charge on any atom is 0.271 e. The topological polar surface area (TPSA) is 65.8 Å². The van der Waals surface area contributed by atoms with E-state index in [0.717, 1.165) is 6.42 Å². The predicted octanol–water partition coefficient (Wildman–Crippen LogP) is 1.57. The molecule has 0 aromatic carbocycles. The fourth-order valence-corrected chi connectivity index (χ4v) is 1.55. The zero-order valence-corrected chi connectivity index (χ0v) is 8.67. The van der Waals surface area contributed by atoms with Crippen molar-refractivity contribution in [3.8, 4) is 6.07 Å². The normalized spacial score (nSPS) is 11.7. The Hall–Kier alpha value is -1.41. The average molecular weight is 209 g/mol. The summed E-state index contributed by atoms with van der Waals surface area (Å²) in [6.45, 7) is 1.97. The van der Waals surface area contributed by atoms with E-state index >= 15 is 0 Å². The molecule has 0 bridgehead atoms. The first-order chi connectivity index (χ1) is 6.77. The van der Waals surface area contributed by atoms with Crippen molar-refractivity contribution in [1.82, 2.24) is 10.3 Å². The molecule has 1 heterocycles. The van der Waals surface area contributed by atoms with E-state index in [1.165, 1.54) is 11.3 Å². The van der Waals surface area contributed by atoms with Gasteiger partial charge in [-0.1, -0.05) is 13.3 Å². The molecule has 1 aromatic rings. The van der Waals surface area contributed by atoms with Gasteiger partial charge in [-0.25, -0.2) is 4.98 Å². The van der Waals surface area contributed by atoms with Gasteiger partial charge in [-0.3, -0.25) is 4.79 Å². The number of thiazole rings is 1. The van der Waals surface area contributed by atoms with Gasteiger partial charge in [0.2, 0.25) is 0 Å². The maximum atomic E-state index is 11.4. The Labute approximate surface area is 86.6 Å². The van der Waals surface area contributed by atoms with Gasteiger partial charge in [0, 0.05) is 5.38 Å². The predicted molar refractivity (Wildman–Crippen MR) is 53.9 cm³/mol. The van der Waals surface area contributed by atoms with Gasteiger partial charge >= 0.3 is 0 Å². The molecule has 0 aliphatic carbocycles. The van der Waals surface area contributed by atoms with Crippen LogP contribution in [-0.2, 0) is 0 Å². The van der Waals surface area contributed by atoms with Crippen LogP contribution in [0.15, 0.2) is 10.9 Å². The van der Waals surface area contributed by atoms with Gasteiger partial charge in [0.05, 0.1) is 11.6 Å². The number of nitriles is 1. The zero-order chi connectivity index (χ0) is 10.4. The lowest BCUT2D eigenvalue weighted by molar-refractivity contribution is 0.0939. The molecule has 0 spiro atoms. The van der Waals surface area contributed by atoms with Gasteiger partial charge in [0.1, 0.15) is 11.7 Å². The van der Waals surface area contributed by atoms with Crippen LogP contribution in [-0.4, -0.2) is 16.9 Å². The third-order valence-electron chi connectivity index (χ3n) is 1.70. The second kappa shape index (κ2) is 5.35. The van der Waals surface area contributed by atoms with Crippen LogP contribution in [0.5, 0.6) is 0 Å². The molecule has 1 amide bonds. The third kappa shape index (κ3) is 2.82. The van der Waals surface area contributed by atoms with E-state index < -0.39 is 6.04 Å². The molecule has 1 rings (SSSR count). The number of rotatable bonds is 4. The van der Waals surface area contributed by atoms with Crippen LogP contribution in [0.3, 0.4) is 0 Å². The van der Waals surface area contributed by atoms with Gasteiger partial charge in [0.25, 0.3) is 5.91 Å². The SMILES string of the molecule is CCCC(C#N)NC(=O)c1cscn1. The number of amides is 1. The molecule has 1 atom stereocenters. The Kier molecular flexibility index (Phi) is 4.08. The van der Waals surface area contributed by atoms with Gasteiger partial charge in [-0.05, 0) is 6.42 Å². The minimum absolute atomic E-state index is 0.272. The van der Waals surface area contributed by atoms with Crippen LogP contribution >= 0.6 is 11.3 Å². The van der Waals surface area contributed by atoms with Crippen LogP contribution in [0.4, 0.5) is 0 Å². The number of carbonyl (C=O) groups excluding carboxylic acids is 1.